The maximum Gasteiger partial charge on any atom is 0.254 e. The van der Waals surface area contributed by atoms with Crippen LogP contribution >= 0.6 is 0 Å². The van der Waals surface area contributed by atoms with E-state index in [9.17, 15) is 9.90 Å². The summed E-state index contributed by atoms with van der Waals surface area (Å²) in [4.78, 5) is 18.2. The second-order valence-electron chi connectivity index (χ2n) is 5.68. The minimum absolute atomic E-state index is 0.0533. The number of rotatable bonds is 4. The fraction of sp³-hybridized carbons (Fsp3) is 0.600. The van der Waals surface area contributed by atoms with E-state index in [2.05, 4.69) is 4.98 Å². The highest BCUT2D eigenvalue weighted by molar-refractivity contribution is 5.94. The van der Waals surface area contributed by atoms with E-state index in [1.165, 1.54) is 12.8 Å². The zero-order valence-corrected chi connectivity index (χ0v) is 11.5. The Morgan fingerprint density at radius 3 is 3.05 bits per heavy atom. The number of carbonyl (C=O) groups excluding carboxylic acids is 1. The van der Waals surface area contributed by atoms with Crippen LogP contribution in [0.2, 0.25) is 0 Å². The van der Waals surface area contributed by atoms with Crippen LogP contribution in [-0.4, -0.2) is 46.7 Å². The molecule has 3 rings (SSSR count). The molecule has 1 N–H and O–H groups in total. The average Bonchev–Trinajstić information content (AvgIpc) is 3.29. The molecule has 0 spiro atoms. The molecule has 0 aromatic carbocycles. The highest BCUT2D eigenvalue weighted by Gasteiger charge is 2.24. The zero-order valence-electron chi connectivity index (χ0n) is 11.5. The number of hydrogen-bond acceptors (Lipinski definition) is 4. The van der Waals surface area contributed by atoms with Gasteiger partial charge in [0.2, 0.25) is 5.88 Å². The fourth-order valence-corrected chi connectivity index (χ4v) is 2.43. The van der Waals surface area contributed by atoms with Crippen molar-refractivity contribution in [3.05, 3.63) is 23.9 Å². The number of β-amino-alcohol motifs (C(OH)–C–C–N with tert-alkyl or cyclic N) is 1. The smallest absolute Gasteiger partial charge is 0.254 e. The normalized spacial score (nSPS) is 22.6. The molecule has 1 aromatic rings. The lowest BCUT2D eigenvalue weighted by Gasteiger charge is -2.30. The van der Waals surface area contributed by atoms with Gasteiger partial charge in [-0.15, -0.1) is 0 Å². The molecule has 1 aromatic heterocycles. The molecule has 1 amide bonds. The lowest BCUT2D eigenvalue weighted by atomic mass is 10.1. The summed E-state index contributed by atoms with van der Waals surface area (Å²) < 4.78 is 5.60. The zero-order chi connectivity index (χ0) is 13.9. The lowest BCUT2D eigenvalue weighted by Crippen LogP contribution is -2.42. The number of aromatic nitrogens is 1. The molecule has 1 aliphatic carbocycles. The largest absolute Gasteiger partial charge is 0.477 e. The number of amides is 1. The Kier molecular flexibility index (Phi) is 3.87. The Hall–Kier alpha value is -1.62. The van der Waals surface area contributed by atoms with Crippen LogP contribution in [-0.2, 0) is 0 Å². The molecule has 2 heterocycles. The van der Waals surface area contributed by atoms with Gasteiger partial charge in [-0.25, -0.2) is 4.98 Å². The van der Waals surface area contributed by atoms with Crippen LogP contribution in [0.25, 0.3) is 0 Å². The number of ether oxygens (including phenoxy) is 1. The number of nitrogens with zero attached hydrogens (tertiary/aromatic N) is 2. The molecule has 2 aliphatic rings. The van der Waals surface area contributed by atoms with Crippen molar-refractivity contribution in [3.8, 4) is 5.88 Å². The maximum absolute atomic E-state index is 12.4. The van der Waals surface area contributed by atoms with E-state index in [0.717, 1.165) is 12.8 Å². The first-order chi connectivity index (χ1) is 9.72. The summed E-state index contributed by atoms with van der Waals surface area (Å²) in [5.74, 6) is 1.12. The van der Waals surface area contributed by atoms with Gasteiger partial charge in [0.25, 0.3) is 5.91 Å². The van der Waals surface area contributed by atoms with Crippen molar-refractivity contribution in [2.75, 3.05) is 19.7 Å². The van der Waals surface area contributed by atoms with Gasteiger partial charge in [0, 0.05) is 30.9 Å². The van der Waals surface area contributed by atoms with Crippen LogP contribution in [0, 0.1) is 5.92 Å². The van der Waals surface area contributed by atoms with Crippen LogP contribution in [0.3, 0.4) is 0 Å². The van der Waals surface area contributed by atoms with Crippen molar-refractivity contribution in [2.45, 2.75) is 31.8 Å². The Labute approximate surface area is 118 Å². The number of pyridine rings is 1. The second-order valence-corrected chi connectivity index (χ2v) is 5.68. The molecular weight excluding hydrogens is 256 g/mol. The van der Waals surface area contributed by atoms with Gasteiger partial charge in [-0.2, -0.15) is 0 Å². The molecule has 5 heteroatoms. The SMILES string of the molecule is O=C(c1ccnc(OCC2CC2)c1)N1CCC[C@@H](O)C1. The van der Waals surface area contributed by atoms with E-state index < -0.39 is 6.10 Å². The van der Waals surface area contributed by atoms with Crippen molar-refractivity contribution in [1.82, 2.24) is 9.88 Å². The van der Waals surface area contributed by atoms with E-state index in [4.69, 9.17) is 4.74 Å². The third kappa shape index (κ3) is 3.28. The molecule has 0 bridgehead atoms. The summed E-state index contributed by atoms with van der Waals surface area (Å²) in [5.41, 5.74) is 0.583. The third-order valence-corrected chi connectivity index (χ3v) is 3.83. The highest BCUT2D eigenvalue weighted by atomic mass is 16.5. The van der Waals surface area contributed by atoms with Crippen LogP contribution in [0.15, 0.2) is 18.3 Å². The summed E-state index contributed by atoms with van der Waals surface area (Å²) in [6.45, 7) is 1.81. The maximum atomic E-state index is 12.4. The van der Waals surface area contributed by atoms with Crippen molar-refractivity contribution < 1.29 is 14.6 Å². The summed E-state index contributed by atoms with van der Waals surface area (Å²) in [5, 5.41) is 9.65. The molecule has 1 aliphatic heterocycles. The molecule has 108 valence electrons. The number of aliphatic hydroxyl groups is 1. The molecule has 1 atom stereocenters. The first-order valence-corrected chi connectivity index (χ1v) is 7.28. The summed E-state index contributed by atoms with van der Waals surface area (Å²) in [6.07, 6.45) is 5.28. The van der Waals surface area contributed by atoms with Gasteiger partial charge in [0.15, 0.2) is 0 Å². The van der Waals surface area contributed by atoms with Gasteiger partial charge in [-0.3, -0.25) is 4.79 Å². The lowest BCUT2D eigenvalue weighted by molar-refractivity contribution is 0.0473. The number of aliphatic hydroxyl groups excluding tert-OH is 1. The Morgan fingerprint density at radius 2 is 2.30 bits per heavy atom. The summed E-state index contributed by atoms with van der Waals surface area (Å²) >= 11 is 0. The van der Waals surface area contributed by atoms with E-state index in [-0.39, 0.29) is 5.91 Å². The van der Waals surface area contributed by atoms with Gasteiger partial charge in [-0.05, 0) is 37.7 Å². The van der Waals surface area contributed by atoms with E-state index in [1.807, 2.05) is 0 Å². The van der Waals surface area contributed by atoms with Crippen molar-refractivity contribution in [3.63, 3.8) is 0 Å². The van der Waals surface area contributed by atoms with Crippen LogP contribution in [0.1, 0.15) is 36.0 Å². The van der Waals surface area contributed by atoms with Gasteiger partial charge in [0.05, 0.1) is 12.7 Å². The molecule has 5 nitrogen and oxygen atoms in total. The predicted octanol–water partition coefficient (Wildman–Crippen LogP) is 1.47. The molecular formula is C15H20N2O3. The summed E-state index contributed by atoms with van der Waals surface area (Å²) in [6, 6.07) is 3.40. The van der Waals surface area contributed by atoms with Crippen LogP contribution in [0.5, 0.6) is 5.88 Å². The minimum Gasteiger partial charge on any atom is -0.477 e. The van der Waals surface area contributed by atoms with Crippen molar-refractivity contribution in [2.24, 2.45) is 5.92 Å². The van der Waals surface area contributed by atoms with Crippen molar-refractivity contribution >= 4 is 5.91 Å². The average molecular weight is 276 g/mol. The van der Waals surface area contributed by atoms with Gasteiger partial charge in [0.1, 0.15) is 0 Å². The van der Waals surface area contributed by atoms with Gasteiger partial charge < -0.3 is 14.7 Å². The second kappa shape index (κ2) is 5.79. The Balaban J connectivity index is 1.65. The molecule has 20 heavy (non-hydrogen) atoms. The van der Waals surface area contributed by atoms with Crippen LogP contribution < -0.4 is 4.74 Å². The monoisotopic (exact) mass is 276 g/mol. The first-order valence-electron chi connectivity index (χ1n) is 7.28. The van der Waals surface area contributed by atoms with Crippen LogP contribution in [0.4, 0.5) is 0 Å². The summed E-state index contributed by atoms with van der Waals surface area (Å²) in [7, 11) is 0. The minimum atomic E-state index is -0.403. The Morgan fingerprint density at radius 1 is 1.45 bits per heavy atom. The van der Waals surface area contributed by atoms with Crippen molar-refractivity contribution in [1.29, 1.82) is 0 Å². The van der Waals surface area contributed by atoms with E-state index in [0.29, 0.717) is 37.1 Å². The number of piperidine rings is 1. The fourth-order valence-electron chi connectivity index (χ4n) is 2.43. The van der Waals surface area contributed by atoms with Gasteiger partial charge in [-0.1, -0.05) is 0 Å². The number of carbonyl (C=O) groups is 1. The third-order valence-electron chi connectivity index (χ3n) is 3.83. The number of hydrogen-bond donors (Lipinski definition) is 1. The topological polar surface area (TPSA) is 62.7 Å². The highest BCUT2D eigenvalue weighted by Crippen LogP contribution is 2.29. The van der Waals surface area contributed by atoms with E-state index >= 15 is 0 Å². The first kappa shape index (κ1) is 13.4. The molecule has 0 radical (unpaired) electrons. The Bertz CT molecular complexity index is 488. The molecule has 1 saturated carbocycles. The van der Waals surface area contributed by atoms with Gasteiger partial charge >= 0.3 is 0 Å². The molecule has 1 saturated heterocycles. The molecule has 2 fully saturated rings. The quantitative estimate of drug-likeness (QED) is 0.904. The predicted molar refractivity (Wildman–Crippen MR) is 73.6 cm³/mol. The standard InChI is InChI=1S/C15H20N2O3/c18-13-2-1-7-17(9-13)15(19)12-5-6-16-14(8-12)20-10-11-3-4-11/h5-6,8,11,13,18H,1-4,7,9-10H2/t13-/m1/s1. The van der Waals surface area contributed by atoms with E-state index in [1.54, 1.807) is 23.2 Å². The number of likely N-dealkylation sites (tertiary alicyclic amines) is 1. The molecule has 0 unspecified atom stereocenters.